The highest BCUT2D eigenvalue weighted by molar-refractivity contribution is 7.99. The molecular formula is C14H15ClN2OS. The molecule has 2 rings (SSSR count). The van der Waals surface area contributed by atoms with E-state index in [0.29, 0.717) is 12.3 Å². The van der Waals surface area contributed by atoms with E-state index < -0.39 is 0 Å². The maximum absolute atomic E-state index is 11.6. The van der Waals surface area contributed by atoms with Gasteiger partial charge in [-0.25, -0.2) is 0 Å². The first kappa shape index (κ1) is 14.0. The van der Waals surface area contributed by atoms with Crippen LogP contribution < -0.4 is 5.32 Å². The van der Waals surface area contributed by atoms with E-state index in [0.717, 1.165) is 16.3 Å². The van der Waals surface area contributed by atoms with Crippen LogP contribution >= 0.6 is 23.4 Å². The van der Waals surface area contributed by atoms with Crippen LogP contribution in [0.15, 0.2) is 42.7 Å². The van der Waals surface area contributed by atoms with Crippen LogP contribution in [0.1, 0.15) is 11.1 Å². The monoisotopic (exact) mass is 294 g/mol. The number of hydrogen-bond acceptors (Lipinski definition) is 2. The second-order valence-corrected chi connectivity index (χ2v) is 5.54. The SMILES string of the molecule is O=C(CSCc1ccc(Cl)cc1)NCc1cc[nH]c1. The summed E-state index contributed by atoms with van der Waals surface area (Å²) in [6, 6.07) is 9.63. The van der Waals surface area contributed by atoms with Gasteiger partial charge in [0.15, 0.2) is 0 Å². The quantitative estimate of drug-likeness (QED) is 0.859. The van der Waals surface area contributed by atoms with Crippen molar-refractivity contribution in [3.05, 3.63) is 58.9 Å². The normalized spacial score (nSPS) is 10.4. The molecule has 0 unspecified atom stereocenters. The minimum absolute atomic E-state index is 0.0557. The maximum Gasteiger partial charge on any atom is 0.230 e. The molecular weight excluding hydrogens is 280 g/mol. The van der Waals surface area contributed by atoms with Crippen LogP contribution in [0.2, 0.25) is 5.02 Å². The lowest BCUT2D eigenvalue weighted by atomic mass is 10.2. The van der Waals surface area contributed by atoms with Gasteiger partial charge < -0.3 is 10.3 Å². The van der Waals surface area contributed by atoms with E-state index in [-0.39, 0.29) is 5.91 Å². The summed E-state index contributed by atoms with van der Waals surface area (Å²) in [7, 11) is 0. The van der Waals surface area contributed by atoms with Crippen LogP contribution in [-0.2, 0) is 17.1 Å². The van der Waals surface area contributed by atoms with E-state index in [1.807, 2.05) is 42.7 Å². The van der Waals surface area contributed by atoms with Gasteiger partial charge in [0.1, 0.15) is 0 Å². The number of H-pyrrole nitrogens is 1. The summed E-state index contributed by atoms with van der Waals surface area (Å²) in [5, 5.41) is 3.61. The van der Waals surface area contributed by atoms with Gasteiger partial charge in [-0.05, 0) is 29.3 Å². The van der Waals surface area contributed by atoms with E-state index in [2.05, 4.69) is 10.3 Å². The van der Waals surface area contributed by atoms with E-state index >= 15 is 0 Å². The molecule has 0 spiro atoms. The molecule has 1 heterocycles. The minimum Gasteiger partial charge on any atom is -0.367 e. The van der Waals surface area contributed by atoms with Gasteiger partial charge >= 0.3 is 0 Å². The number of carbonyl (C=O) groups is 1. The average Bonchev–Trinajstić information content (AvgIpc) is 2.92. The molecule has 2 N–H and O–H groups in total. The molecule has 2 aromatic rings. The zero-order chi connectivity index (χ0) is 13.5. The second-order valence-electron chi connectivity index (χ2n) is 4.12. The van der Waals surface area contributed by atoms with Gasteiger partial charge in [-0.15, -0.1) is 11.8 Å². The highest BCUT2D eigenvalue weighted by atomic mass is 35.5. The van der Waals surface area contributed by atoms with Crippen LogP contribution in [-0.4, -0.2) is 16.6 Å². The number of thioether (sulfide) groups is 1. The molecule has 1 amide bonds. The summed E-state index contributed by atoms with van der Waals surface area (Å²) < 4.78 is 0. The number of aromatic nitrogens is 1. The molecule has 0 aliphatic heterocycles. The van der Waals surface area contributed by atoms with Crippen LogP contribution in [0.4, 0.5) is 0 Å². The lowest BCUT2D eigenvalue weighted by Gasteiger charge is -2.04. The topological polar surface area (TPSA) is 44.9 Å². The average molecular weight is 295 g/mol. The smallest absolute Gasteiger partial charge is 0.230 e. The molecule has 19 heavy (non-hydrogen) atoms. The highest BCUT2D eigenvalue weighted by Crippen LogP contribution is 2.15. The van der Waals surface area contributed by atoms with Crippen molar-refractivity contribution in [1.82, 2.24) is 10.3 Å². The zero-order valence-electron chi connectivity index (χ0n) is 10.4. The van der Waals surface area contributed by atoms with Crippen LogP contribution in [0.3, 0.4) is 0 Å². The number of hydrogen-bond donors (Lipinski definition) is 2. The van der Waals surface area contributed by atoms with Crippen molar-refractivity contribution in [2.75, 3.05) is 5.75 Å². The number of rotatable bonds is 6. The lowest BCUT2D eigenvalue weighted by molar-refractivity contribution is -0.118. The summed E-state index contributed by atoms with van der Waals surface area (Å²) in [5.74, 6) is 1.34. The van der Waals surface area contributed by atoms with Crippen LogP contribution in [0.5, 0.6) is 0 Å². The summed E-state index contributed by atoms with van der Waals surface area (Å²) >= 11 is 7.41. The molecule has 0 atom stereocenters. The van der Waals surface area contributed by atoms with E-state index in [4.69, 9.17) is 11.6 Å². The molecule has 0 fully saturated rings. The maximum atomic E-state index is 11.6. The number of amides is 1. The molecule has 0 bridgehead atoms. The minimum atomic E-state index is 0.0557. The molecule has 0 radical (unpaired) electrons. The summed E-state index contributed by atoms with van der Waals surface area (Å²) in [6.45, 7) is 0.573. The van der Waals surface area contributed by atoms with E-state index in [1.54, 1.807) is 11.8 Å². The molecule has 5 heteroatoms. The fraction of sp³-hybridized carbons (Fsp3) is 0.214. The van der Waals surface area contributed by atoms with Gasteiger partial charge in [-0.1, -0.05) is 23.7 Å². The Morgan fingerprint density at radius 1 is 1.21 bits per heavy atom. The predicted octanol–water partition coefficient (Wildman–Crippen LogP) is 3.22. The fourth-order valence-electron chi connectivity index (χ4n) is 1.56. The van der Waals surface area contributed by atoms with Crippen molar-refractivity contribution < 1.29 is 4.79 Å². The van der Waals surface area contributed by atoms with Crippen molar-refractivity contribution in [2.24, 2.45) is 0 Å². The molecule has 0 saturated carbocycles. The van der Waals surface area contributed by atoms with Gasteiger partial charge in [-0.3, -0.25) is 4.79 Å². The third kappa shape index (κ3) is 5.01. The van der Waals surface area contributed by atoms with Crippen LogP contribution in [0, 0.1) is 0 Å². The van der Waals surface area contributed by atoms with Crippen molar-refractivity contribution >= 4 is 29.3 Å². The second kappa shape index (κ2) is 7.26. The van der Waals surface area contributed by atoms with E-state index in [9.17, 15) is 4.79 Å². The van der Waals surface area contributed by atoms with Crippen molar-refractivity contribution in [3.8, 4) is 0 Å². The molecule has 1 aromatic carbocycles. The summed E-state index contributed by atoms with van der Waals surface area (Å²) in [6.07, 6.45) is 3.72. The first-order chi connectivity index (χ1) is 9.24. The third-order valence-corrected chi connectivity index (χ3v) is 3.82. The number of aromatic amines is 1. The number of nitrogens with one attached hydrogen (secondary N) is 2. The fourth-order valence-corrected chi connectivity index (χ4v) is 2.51. The molecule has 1 aromatic heterocycles. The largest absolute Gasteiger partial charge is 0.367 e. The Bertz CT molecular complexity index is 511. The van der Waals surface area contributed by atoms with Gasteiger partial charge in [0, 0.05) is 29.7 Å². The summed E-state index contributed by atoms with van der Waals surface area (Å²) in [5.41, 5.74) is 2.25. The highest BCUT2D eigenvalue weighted by Gasteiger charge is 2.02. The number of carbonyl (C=O) groups excluding carboxylic acids is 1. The first-order valence-electron chi connectivity index (χ1n) is 5.94. The molecule has 0 aliphatic carbocycles. The van der Waals surface area contributed by atoms with Gasteiger partial charge in [0.05, 0.1) is 5.75 Å². The Kier molecular flexibility index (Phi) is 5.36. The van der Waals surface area contributed by atoms with Gasteiger partial charge in [0.2, 0.25) is 5.91 Å². The molecule has 0 saturated heterocycles. The van der Waals surface area contributed by atoms with Crippen molar-refractivity contribution in [2.45, 2.75) is 12.3 Å². The Morgan fingerprint density at radius 3 is 2.68 bits per heavy atom. The zero-order valence-corrected chi connectivity index (χ0v) is 11.9. The van der Waals surface area contributed by atoms with Crippen molar-refractivity contribution in [3.63, 3.8) is 0 Å². The molecule has 3 nitrogen and oxygen atoms in total. The Morgan fingerprint density at radius 2 is 2.00 bits per heavy atom. The first-order valence-corrected chi connectivity index (χ1v) is 7.48. The standard InChI is InChI=1S/C14H15ClN2OS/c15-13-3-1-11(2-4-13)9-19-10-14(18)17-8-12-5-6-16-7-12/h1-7,16H,8-10H2,(H,17,18). The van der Waals surface area contributed by atoms with E-state index in [1.165, 1.54) is 5.56 Å². The lowest BCUT2D eigenvalue weighted by Crippen LogP contribution is -2.24. The Hall–Kier alpha value is -1.39. The molecule has 0 aliphatic rings. The Balaban J connectivity index is 1.65. The number of halogens is 1. The van der Waals surface area contributed by atoms with Crippen LogP contribution in [0.25, 0.3) is 0 Å². The van der Waals surface area contributed by atoms with Gasteiger partial charge in [-0.2, -0.15) is 0 Å². The number of benzene rings is 1. The third-order valence-electron chi connectivity index (χ3n) is 2.57. The Labute approximate surface area is 121 Å². The van der Waals surface area contributed by atoms with Crippen molar-refractivity contribution in [1.29, 1.82) is 0 Å². The van der Waals surface area contributed by atoms with Gasteiger partial charge in [0.25, 0.3) is 0 Å². The predicted molar refractivity (Wildman–Crippen MR) is 80.3 cm³/mol. The summed E-state index contributed by atoms with van der Waals surface area (Å²) in [4.78, 5) is 14.6. The molecule has 100 valence electrons.